The van der Waals surface area contributed by atoms with Crippen LogP contribution in [0.1, 0.15) is 36.2 Å². The summed E-state index contributed by atoms with van der Waals surface area (Å²) < 4.78 is 4.16. The van der Waals surface area contributed by atoms with Gasteiger partial charge < -0.3 is 14.1 Å². The van der Waals surface area contributed by atoms with Gasteiger partial charge in [0.1, 0.15) is 11.6 Å². The maximum atomic E-state index is 4.73. The Labute approximate surface area is 163 Å². The highest BCUT2D eigenvalue weighted by atomic mass is 15.3. The molecule has 0 aliphatic carbocycles. The number of imidazole rings is 2. The lowest BCUT2D eigenvalue weighted by Gasteiger charge is -2.31. The van der Waals surface area contributed by atoms with Gasteiger partial charge in [-0.2, -0.15) is 0 Å². The van der Waals surface area contributed by atoms with Gasteiger partial charge in [-0.05, 0) is 31.5 Å². The molecule has 0 unspecified atom stereocenters. The fourth-order valence-electron chi connectivity index (χ4n) is 4.11. The molecule has 8 nitrogen and oxygen atoms in total. The SMILES string of the molecule is Cn1c(Cn2ccnc2)nnc1[C@H]1CCCN(Cc2nc3ccccc3[nH]2)C1. The summed E-state index contributed by atoms with van der Waals surface area (Å²) in [6.45, 7) is 3.60. The van der Waals surface area contributed by atoms with Gasteiger partial charge in [-0.1, -0.05) is 12.1 Å². The summed E-state index contributed by atoms with van der Waals surface area (Å²) in [5.74, 6) is 3.46. The number of rotatable bonds is 5. The average Bonchev–Trinajstić information content (AvgIpc) is 3.43. The van der Waals surface area contributed by atoms with Crippen molar-refractivity contribution in [1.82, 2.24) is 39.2 Å². The highest BCUT2D eigenvalue weighted by Crippen LogP contribution is 2.27. The number of piperidine rings is 1. The van der Waals surface area contributed by atoms with Gasteiger partial charge >= 0.3 is 0 Å². The molecule has 1 atom stereocenters. The third-order valence-electron chi connectivity index (χ3n) is 5.56. The van der Waals surface area contributed by atoms with Crippen molar-refractivity contribution in [1.29, 1.82) is 0 Å². The Balaban J connectivity index is 1.29. The van der Waals surface area contributed by atoms with E-state index >= 15 is 0 Å². The van der Waals surface area contributed by atoms with Crippen molar-refractivity contribution in [3.63, 3.8) is 0 Å². The van der Waals surface area contributed by atoms with Crippen molar-refractivity contribution in [2.24, 2.45) is 7.05 Å². The van der Waals surface area contributed by atoms with E-state index in [2.05, 4.69) is 48.8 Å². The van der Waals surface area contributed by atoms with Gasteiger partial charge in [-0.25, -0.2) is 9.97 Å². The van der Waals surface area contributed by atoms with Crippen LogP contribution >= 0.6 is 0 Å². The Hall–Kier alpha value is -3.00. The minimum atomic E-state index is 0.396. The number of H-pyrrole nitrogens is 1. The van der Waals surface area contributed by atoms with Crippen LogP contribution in [0.3, 0.4) is 0 Å². The smallest absolute Gasteiger partial charge is 0.152 e. The Morgan fingerprint density at radius 3 is 2.96 bits per heavy atom. The van der Waals surface area contributed by atoms with Crippen LogP contribution in [-0.2, 0) is 20.1 Å². The number of para-hydroxylation sites is 2. The van der Waals surface area contributed by atoms with Crippen LogP contribution in [0, 0.1) is 0 Å². The number of hydrogen-bond acceptors (Lipinski definition) is 5. The van der Waals surface area contributed by atoms with Crippen molar-refractivity contribution >= 4 is 11.0 Å². The molecule has 1 N–H and O–H groups in total. The number of benzene rings is 1. The Morgan fingerprint density at radius 1 is 1.18 bits per heavy atom. The summed E-state index contributed by atoms with van der Waals surface area (Å²) in [5.41, 5.74) is 2.13. The molecule has 5 rings (SSSR count). The van der Waals surface area contributed by atoms with Gasteiger partial charge in [-0.3, -0.25) is 4.90 Å². The first-order valence-electron chi connectivity index (χ1n) is 9.76. The molecule has 0 radical (unpaired) electrons. The number of likely N-dealkylation sites (tertiary alicyclic amines) is 1. The monoisotopic (exact) mass is 376 g/mol. The highest BCUT2D eigenvalue weighted by molar-refractivity contribution is 5.74. The molecular formula is C20H24N8. The quantitative estimate of drug-likeness (QED) is 0.578. The summed E-state index contributed by atoms with van der Waals surface area (Å²) in [4.78, 5) is 14.7. The minimum Gasteiger partial charge on any atom is -0.341 e. The van der Waals surface area contributed by atoms with Crippen LogP contribution in [0.4, 0.5) is 0 Å². The standard InChI is InChI=1S/C20H24N8/c1-26-19(13-28-10-8-21-14-28)24-25-20(26)15-5-4-9-27(11-15)12-18-22-16-6-2-3-7-17(16)23-18/h2-3,6-8,10,14-15H,4-5,9,11-13H2,1H3,(H,22,23)/t15-/m0/s1. The van der Waals surface area contributed by atoms with Crippen LogP contribution < -0.4 is 0 Å². The topological polar surface area (TPSA) is 80.4 Å². The van der Waals surface area contributed by atoms with Gasteiger partial charge in [0, 0.05) is 31.9 Å². The third kappa shape index (κ3) is 3.31. The van der Waals surface area contributed by atoms with Crippen LogP contribution in [0.25, 0.3) is 11.0 Å². The highest BCUT2D eigenvalue weighted by Gasteiger charge is 2.26. The molecule has 0 saturated carbocycles. The predicted molar refractivity (Wildman–Crippen MR) is 106 cm³/mol. The summed E-state index contributed by atoms with van der Waals surface area (Å²) >= 11 is 0. The molecule has 28 heavy (non-hydrogen) atoms. The Kier molecular flexibility index (Phi) is 4.40. The normalized spacial score (nSPS) is 18.1. The maximum absolute atomic E-state index is 4.73. The summed E-state index contributed by atoms with van der Waals surface area (Å²) in [6.07, 6.45) is 7.85. The largest absolute Gasteiger partial charge is 0.341 e. The molecule has 1 saturated heterocycles. The van der Waals surface area contributed by atoms with E-state index in [1.165, 1.54) is 0 Å². The van der Waals surface area contributed by atoms with Gasteiger partial charge in [0.05, 0.1) is 30.5 Å². The van der Waals surface area contributed by atoms with E-state index in [0.29, 0.717) is 12.5 Å². The second-order valence-electron chi connectivity index (χ2n) is 7.54. The van der Waals surface area contributed by atoms with Gasteiger partial charge in [0.25, 0.3) is 0 Å². The lowest BCUT2D eigenvalue weighted by atomic mass is 9.97. The molecule has 1 aliphatic rings. The summed E-state index contributed by atoms with van der Waals surface area (Å²) in [7, 11) is 2.07. The van der Waals surface area contributed by atoms with Crippen molar-refractivity contribution in [2.75, 3.05) is 13.1 Å². The van der Waals surface area contributed by atoms with E-state index in [4.69, 9.17) is 4.98 Å². The summed E-state index contributed by atoms with van der Waals surface area (Å²) in [6, 6.07) is 8.19. The average molecular weight is 376 g/mol. The van der Waals surface area contributed by atoms with Crippen LogP contribution in [0.2, 0.25) is 0 Å². The molecule has 144 valence electrons. The number of nitrogens with one attached hydrogen (secondary N) is 1. The lowest BCUT2D eigenvalue weighted by molar-refractivity contribution is 0.191. The van der Waals surface area contributed by atoms with Crippen molar-refractivity contribution in [3.8, 4) is 0 Å². The Bertz CT molecular complexity index is 1030. The zero-order valence-corrected chi connectivity index (χ0v) is 16.0. The molecule has 1 aliphatic heterocycles. The van der Waals surface area contributed by atoms with E-state index in [1.54, 1.807) is 6.20 Å². The van der Waals surface area contributed by atoms with E-state index in [9.17, 15) is 0 Å². The van der Waals surface area contributed by atoms with Gasteiger partial charge in [0.2, 0.25) is 0 Å². The van der Waals surface area contributed by atoms with E-state index < -0.39 is 0 Å². The fourth-order valence-corrected chi connectivity index (χ4v) is 4.11. The van der Waals surface area contributed by atoms with Crippen LogP contribution in [0.5, 0.6) is 0 Å². The maximum Gasteiger partial charge on any atom is 0.152 e. The molecule has 4 aromatic rings. The Morgan fingerprint density at radius 2 is 2.11 bits per heavy atom. The molecule has 0 amide bonds. The zero-order chi connectivity index (χ0) is 18.9. The zero-order valence-electron chi connectivity index (χ0n) is 16.0. The molecule has 0 bridgehead atoms. The molecule has 0 spiro atoms. The third-order valence-corrected chi connectivity index (χ3v) is 5.56. The first kappa shape index (κ1) is 17.1. The van der Waals surface area contributed by atoms with Crippen molar-refractivity contribution < 1.29 is 0 Å². The minimum absolute atomic E-state index is 0.396. The number of fused-ring (bicyclic) bond motifs is 1. The van der Waals surface area contributed by atoms with E-state index in [1.807, 2.05) is 29.2 Å². The second-order valence-corrected chi connectivity index (χ2v) is 7.54. The van der Waals surface area contributed by atoms with Crippen LogP contribution in [0.15, 0.2) is 43.0 Å². The number of aromatic nitrogens is 7. The molecule has 1 aromatic carbocycles. The molecule has 8 heteroatoms. The summed E-state index contributed by atoms with van der Waals surface area (Å²) in [5, 5.41) is 8.96. The number of hydrogen-bond donors (Lipinski definition) is 1. The molecule has 3 aromatic heterocycles. The van der Waals surface area contributed by atoms with Crippen molar-refractivity contribution in [3.05, 3.63) is 60.5 Å². The fraction of sp³-hybridized carbons (Fsp3) is 0.400. The number of aromatic amines is 1. The van der Waals surface area contributed by atoms with Crippen molar-refractivity contribution in [2.45, 2.75) is 31.8 Å². The first-order valence-corrected chi connectivity index (χ1v) is 9.76. The predicted octanol–water partition coefficient (Wildman–Crippen LogP) is 2.32. The van der Waals surface area contributed by atoms with E-state index in [0.717, 1.165) is 61.0 Å². The lowest BCUT2D eigenvalue weighted by Crippen LogP contribution is -2.35. The van der Waals surface area contributed by atoms with Crippen LogP contribution in [-0.4, -0.2) is 52.3 Å². The second kappa shape index (κ2) is 7.20. The number of nitrogens with zero attached hydrogens (tertiary/aromatic N) is 7. The van der Waals surface area contributed by atoms with E-state index in [-0.39, 0.29) is 0 Å². The molecule has 1 fully saturated rings. The van der Waals surface area contributed by atoms with Gasteiger partial charge in [0.15, 0.2) is 5.82 Å². The first-order chi connectivity index (χ1) is 13.8. The molecular weight excluding hydrogens is 352 g/mol. The molecule has 4 heterocycles. The van der Waals surface area contributed by atoms with Gasteiger partial charge in [-0.15, -0.1) is 10.2 Å².